The van der Waals surface area contributed by atoms with Crippen LogP contribution in [-0.2, 0) is 17.1 Å². The second kappa shape index (κ2) is 7.05. The standard InChI is InChI=1S/C22H20N4O4S/c1-24-18-8-4-2-6-15(18)17(14-20(24)27)22(28)26-12-10-25(11-13-26)21-16-7-3-5-9-19(16)31(29,30)23-21/h2-9,14H,10-13H2,1H3. The van der Waals surface area contributed by atoms with Gasteiger partial charge in [0.1, 0.15) is 4.90 Å². The highest BCUT2D eigenvalue weighted by molar-refractivity contribution is 7.90. The van der Waals surface area contributed by atoms with E-state index in [0.717, 1.165) is 5.39 Å². The first-order chi connectivity index (χ1) is 14.9. The lowest BCUT2D eigenvalue weighted by Gasteiger charge is -2.36. The summed E-state index contributed by atoms with van der Waals surface area (Å²) in [5.74, 6) is 0.233. The molecule has 2 aliphatic rings. The van der Waals surface area contributed by atoms with Gasteiger partial charge in [-0.15, -0.1) is 4.40 Å². The lowest BCUT2D eigenvalue weighted by Crippen LogP contribution is -2.50. The number of hydrogen-bond acceptors (Lipinski definition) is 5. The van der Waals surface area contributed by atoms with E-state index in [9.17, 15) is 18.0 Å². The van der Waals surface area contributed by atoms with Crippen molar-refractivity contribution in [3.8, 4) is 0 Å². The molecular weight excluding hydrogens is 416 g/mol. The zero-order valence-electron chi connectivity index (χ0n) is 16.9. The molecule has 0 N–H and O–H groups in total. The first-order valence-electron chi connectivity index (χ1n) is 9.94. The molecule has 158 valence electrons. The van der Waals surface area contributed by atoms with Crippen molar-refractivity contribution < 1.29 is 13.2 Å². The highest BCUT2D eigenvalue weighted by atomic mass is 32.2. The van der Waals surface area contributed by atoms with E-state index in [-0.39, 0.29) is 16.4 Å². The van der Waals surface area contributed by atoms with Crippen LogP contribution in [0.25, 0.3) is 10.9 Å². The smallest absolute Gasteiger partial charge is 0.285 e. The third-order valence-corrected chi connectivity index (χ3v) is 7.19. The molecule has 0 atom stereocenters. The van der Waals surface area contributed by atoms with Crippen molar-refractivity contribution in [3.63, 3.8) is 0 Å². The number of aromatic nitrogens is 1. The van der Waals surface area contributed by atoms with E-state index in [2.05, 4.69) is 4.40 Å². The van der Waals surface area contributed by atoms with Crippen molar-refractivity contribution >= 4 is 32.7 Å². The van der Waals surface area contributed by atoms with E-state index in [4.69, 9.17) is 0 Å². The summed E-state index contributed by atoms with van der Waals surface area (Å²) in [4.78, 5) is 29.4. The molecule has 1 aromatic heterocycles. The maximum atomic E-state index is 13.2. The Balaban J connectivity index is 1.40. The monoisotopic (exact) mass is 436 g/mol. The van der Waals surface area contributed by atoms with Crippen LogP contribution in [0.4, 0.5) is 0 Å². The largest absolute Gasteiger partial charge is 0.352 e. The number of piperazine rings is 1. The Morgan fingerprint density at radius 1 is 0.968 bits per heavy atom. The van der Waals surface area contributed by atoms with Gasteiger partial charge in [-0.3, -0.25) is 9.59 Å². The molecule has 1 saturated heterocycles. The van der Waals surface area contributed by atoms with Crippen molar-refractivity contribution in [2.75, 3.05) is 26.2 Å². The van der Waals surface area contributed by atoms with E-state index in [1.54, 1.807) is 36.2 Å². The molecule has 1 fully saturated rings. The highest BCUT2D eigenvalue weighted by Gasteiger charge is 2.33. The van der Waals surface area contributed by atoms with Crippen LogP contribution in [0, 0.1) is 0 Å². The van der Waals surface area contributed by atoms with Gasteiger partial charge in [0.05, 0.1) is 11.1 Å². The predicted molar refractivity (Wildman–Crippen MR) is 117 cm³/mol. The Kier molecular flexibility index (Phi) is 4.44. The highest BCUT2D eigenvalue weighted by Crippen LogP contribution is 2.28. The average molecular weight is 436 g/mol. The van der Waals surface area contributed by atoms with Gasteiger partial charge < -0.3 is 14.4 Å². The van der Waals surface area contributed by atoms with Gasteiger partial charge in [-0.25, -0.2) is 0 Å². The van der Waals surface area contributed by atoms with Crippen LogP contribution in [0.15, 0.2) is 68.7 Å². The van der Waals surface area contributed by atoms with Crippen molar-refractivity contribution in [3.05, 3.63) is 76.1 Å². The van der Waals surface area contributed by atoms with E-state index in [1.807, 2.05) is 29.2 Å². The molecule has 2 aromatic carbocycles. The second-order valence-corrected chi connectivity index (χ2v) is 9.21. The fourth-order valence-electron chi connectivity index (χ4n) is 4.20. The number of benzene rings is 2. The average Bonchev–Trinajstić information content (AvgIpc) is 3.07. The normalized spacial score (nSPS) is 17.5. The van der Waals surface area contributed by atoms with E-state index in [0.29, 0.717) is 48.7 Å². The number of aryl methyl sites for hydroxylation is 1. The number of pyridine rings is 1. The Labute approximate surface area is 179 Å². The summed E-state index contributed by atoms with van der Waals surface area (Å²) < 4.78 is 30.2. The minimum absolute atomic E-state index is 0.199. The fourth-order valence-corrected chi connectivity index (χ4v) is 5.42. The number of sulfonamides is 1. The molecular formula is C22H20N4O4S. The first kappa shape index (κ1) is 19.5. The summed E-state index contributed by atoms with van der Waals surface area (Å²) in [7, 11) is -1.99. The molecule has 0 aliphatic carbocycles. The van der Waals surface area contributed by atoms with Gasteiger partial charge in [0.25, 0.3) is 21.5 Å². The molecule has 5 rings (SSSR count). The summed E-state index contributed by atoms with van der Waals surface area (Å²) in [5, 5.41) is 0.734. The van der Waals surface area contributed by atoms with Crippen molar-refractivity contribution in [2.24, 2.45) is 11.4 Å². The number of amides is 1. The van der Waals surface area contributed by atoms with Gasteiger partial charge in [0.2, 0.25) is 0 Å². The molecule has 0 bridgehead atoms. The van der Waals surface area contributed by atoms with Crippen LogP contribution >= 0.6 is 0 Å². The third-order valence-electron chi connectivity index (χ3n) is 5.86. The zero-order chi connectivity index (χ0) is 21.8. The molecule has 1 amide bonds. The number of nitrogens with zero attached hydrogens (tertiary/aromatic N) is 4. The minimum atomic E-state index is -3.68. The molecule has 31 heavy (non-hydrogen) atoms. The molecule has 9 heteroatoms. The van der Waals surface area contributed by atoms with E-state index in [1.165, 1.54) is 10.6 Å². The lowest BCUT2D eigenvalue weighted by molar-refractivity contribution is 0.0694. The maximum absolute atomic E-state index is 13.2. The van der Waals surface area contributed by atoms with Crippen molar-refractivity contribution in [1.29, 1.82) is 0 Å². The van der Waals surface area contributed by atoms with Crippen LogP contribution in [0.5, 0.6) is 0 Å². The number of carbonyl (C=O) groups excluding carboxylic acids is 1. The molecule has 0 unspecified atom stereocenters. The summed E-state index contributed by atoms with van der Waals surface area (Å²) in [5.41, 5.74) is 1.46. The maximum Gasteiger partial charge on any atom is 0.285 e. The van der Waals surface area contributed by atoms with Crippen LogP contribution in [-0.4, -0.2) is 60.7 Å². The van der Waals surface area contributed by atoms with Gasteiger partial charge in [0, 0.05) is 50.2 Å². The molecule has 3 aromatic rings. The van der Waals surface area contributed by atoms with Gasteiger partial charge >= 0.3 is 0 Å². The summed E-state index contributed by atoms with van der Waals surface area (Å²) >= 11 is 0. The van der Waals surface area contributed by atoms with Gasteiger partial charge in [-0.1, -0.05) is 30.3 Å². The molecule has 0 saturated carbocycles. The second-order valence-electron chi connectivity index (χ2n) is 7.64. The number of rotatable bonds is 1. The Morgan fingerprint density at radius 3 is 2.42 bits per heavy atom. The number of carbonyl (C=O) groups is 1. The lowest BCUT2D eigenvalue weighted by atomic mass is 10.1. The van der Waals surface area contributed by atoms with E-state index >= 15 is 0 Å². The summed E-state index contributed by atoms with van der Waals surface area (Å²) in [6, 6.07) is 15.5. The number of para-hydroxylation sites is 1. The van der Waals surface area contributed by atoms with Crippen LogP contribution in [0.1, 0.15) is 15.9 Å². The van der Waals surface area contributed by atoms with Gasteiger partial charge in [0.15, 0.2) is 5.84 Å². The quantitative estimate of drug-likeness (QED) is 0.576. The first-order valence-corrected chi connectivity index (χ1v) is 11.4. The zero-order valence-corrected chi connectivity index (χ0v) is 17.7. The number of fused-ring (bicyclic) bond motifs is 2. The van der Waals surface area contributed by atoms with Gasteiger partial charge in [-0.05, 0) is 18.2 Å². The Hall–Kier alpha value is -3.46. The Morgan fingerprint density at radius 2 is 1.65 bits per heavy atom. The van der Waals surface area contributed by atoms with Crippen LogP contribution in [0.3, 0.4) is 0 Å². The predicted octanol–water partition coefficient (Wildman–Crippen LogP) is 1.45. The van der Waals surface area contributed by atoms with Crippen LogP contribution < -0.4 is 5.56 Å². The van der Waals surface area contributed by atoms with E-state index < -0.39 is 10.0 Å². The summed E-state index contributed by atoms with van der Waals surface area (Å²) in [6.45, 7) is 1.72. The molecule has 2 aliphatic heterocycles. The van der Waals surface area contributed by atoms with Crippen LogP contribution in [0.2, 0.25) is 0 Å². The molecule has 8 nitrogen and oxygen atoms in total. The summed E-state index contributed by atoms with van der Waals surface area (Å²) in [6.07, 6.45) is 0. The van der Waals surface area contributed by atoms with Crippen molar-refractivity contribution in [1.82, 2.24) is 14.4 Å². The number of amidine groups is 1. The molecule has 3 heterocycles. The minimum Gasteiger partial charge on any atom is -0.352 e. The molecule has 0 spiro atoms. The topological polar surface area (TPSA) is 92.1 Å². The number of hydrogen-bond donors (Lipinski definition) is 0. The third kappa shape index (κ3) is 3.12. The van der Waals surface area contributed by atoms with Crippen molar-refractivity contribution in [2.45, 2.75) is 4.90 Å². The molecule has 0 radical (unpaired) electrons. The van der Waals surface area contributed by atoms with Gasteiger partial charge in [-0.2, -0.15) is 8.42 Å². The SMILES string of the molecule is Cn1c(=O)cc(C(=O)N2CCN(C3=NS(=O)(=O)c4ccccc43)CC2)c2ccccc21. The Bertz CT molecular complexity index is 1420. The fraction of sp³-hybridized carbons (Fsp3) is 0.227.